The average Bonchev–Trinajstić information content (AvgIpc) is 2.74. The summed E-state index contributed by atoms with van der Waals surface area (Å²) in [5, 5.41) is 7.62. The van der Waals surface area contributed by atoms with E-state index in [1.54, 1.807) is 6.20 Å². The highest BCUT2D eigenvalue weighted by molar-refractivity contribution is 6.05. The van der Waals surface area contributed by atoms with Crippen LogP contribution in [0.15, 0.2) is 36.5 Å². The van der Waals surface area contributed by atoms with Gasteiger partial charge in [-0.2, -0.15) is 0 Å². The van der Waals surface area contributed by atoms with Crippen molar-refractivity contribution in [2.24, 2.45) is 11.8 Å². The summed E-state index contributed by atoms with van der Waals surface area (Å²) in [6, 6.07) is 9.91. The fourth-order valence-corrected chi connectivity index (χ4v) is 5.48. The first kappa shape index (κ1) is 17.6. The third kappa shape index (κ3) is 2.96. The van der Waals surface area contributed by atoms with Crippen LogP contribution in [0.4, 0.5) is 0 Å². The highest BCUT2D eigenvalue weighted by Crippen LogP contribution is 2.39. The molecule has 2 N–H and O–H groups in total. The first-order valence-corrected chi connectivity index (χ1v) is 10.4. The number of carbonyl (C=O) groups is 2. The van der Waals surface area contributed by atoms with Gasteiger partial charge in [0.25, 0.3) is 5.91 Å². The van der Waals surface area contributed by atoms with Gasteiger partial charge in [-0.3, -0.25) is 14.6 Å². The fourth-order valence-electron chi connectivity index (χ4n) is 5.48. The van der Waals surface area contributed by atoms with E-state index in [1.165, 1.54) is 0 Å². The molecule has 2 aromatic rings. The Kier molecular flexibility index (Phi) is 4.51. The molecule has 3 aliphatic heterocycles. The molecule has 1 aromatic carbocycles. The molecule has 0 unspecified atom stereocenters. The third-order valence-electron chi connectivity index (χ3n) is 6.75. The Bertz CT molecular complexity index is 909. The normalized spacial score (nSPS) is 29.4. The molecule has 4 atom stereocenters. The van der Waals surface area contributed by atoms with Gasteiger partial charge in [0.15, 0.2) is 0 Å². The summed E-state index contributed by atoms with van der Waals surface area (Å²) in [7, 11) is 0. The molecule has 4 heterocycles. The number of nitrogens with zero attached hydrogens (tertiary/aromatic N) is 2. The molecule has 0 aliphatic carbocycles. The lowest BCUT2D eigenvalue weighted by molar-refractivity contribution is -0.148. The molecule has 0 saturated carbocycles. The maximum Gasteiger partial charge on any atom is 0.253 e. The Morgan fingerprint density at radius 3 is 3.00 bits per heavy atom. The van der Waals surface area contributed by atoms with Crippen LogP contribution in [0.25, 0.3) is 10.9 Å². The quantitative estimate of drug-likeness (QED) is 0.856. The maximum atomic E-state index is 12.9. The van der Waals surface area contributed by atoms with Gasteiger partial charge in [-0.15, -0.1) is 0 Å². The number of carbonyl (C=O) groups excluding carboxylic acids is 2. The molecule has 3 saturated heterocycles. The van der Waals surface area contributed by atoms with Crippen LogP contribution < -0.4 is 10.6 Å². The van der Waals surface area contributed by atoms with Gasteiger partial charge in [-0.1, -0.05) is 18.2 Å². The second-order valence-corrected chi connectivity index (χ2v) is 8.33. The number of rotatable bonds is 3. The number of pyridine rings is 1. The monoisotopic (exact) mass is 378 g/mol. The predicted molar refractivity (Wildman–Crippen MR) is 107 cm³/mol. The van der Waals surface area contributed by atoms with Gasteiger partial charge in [0.2, 0.25) is 5.91 Å². The SMILES string of the molecule is O=C(NC[C@H]1[C@@H]2CNC[C@@H](C2)[C@@H]2CCCC(=O)N21)c1cccc2cccnc12. The summed E-state index contributed by atoms with van der Waals surface area (Å²) in [6.07, 6.45) is 5.58. The van der Waals surface area contributed by atoms with E-state index in [2.05, 4.69) is 20.5 Å². The van der Waals surface area contributed by atoms with Crippen molar-refractivity contribution in [2.45, 2.75) is 37.8 Å². The Morgan fingerprint density at radius 1 is 1.21 bits per heavy atom. The van der Waals surface area contributed by atoms with Gasteiger partial charge < -0.3 is 15.5 Å². The molecule has 3 fully saturated rings. The molecule has 28 heavy (non-hydrogen) atoms. The fraction of sp³-hybridized carbons (Fsp3) is 0.500. The van der Waals surface area contributed by atoms with Gasteiger partial charge >= 0.3 is 0 Å². The van der Waals surface area contributed by atoms with E-state index >= 15 is 0 Å². The standard InChI is InChI=1S/C22H26N4O2/c27-20-8-2-7-18-15-10-16(12-23-11-15)19(26(18)20)13-25-22(28)17-6-1-4-14-5-3-9-24-21(14)17/h1,3-6,9,15-16,18-19,23H,2,7-8,10-13H2,(H,25,28)/t15-,16+,18+,19+/m1/s1. The molecular formula is C22H26N4O2. The smallest absolute Gasteiger partial charge is 0.253 e. The predicted octanol–water partition coefficient (Wildman–Crippen LogP) is 1.95. The van der Waals surface area contributed by atoms with Crippen molar-refractivity contribution in [3.63, 3.8) is 0 Å². The number of nitrogens with one attached hydrogen (secondary N) is 2. The van der Waals surface area contributed by atoms with Crippen molar-refractivity contribution in [3.8, 4) is 0 Å². The number of hydrogen-bond donors (Lipinski definition) is 2. The van der Waals surface area contributed by atoms with Gasteiger partial charge in [-0.05, 0) is 49.8 Å². The topological polar surface area (TPSA) is 74.3 Å². The molecular weight excluding hydrogens is 352 g/mol. The van der Waals surface area contributed by atoms with Crippen LogP contribution in [0.2, 0.25) is 0 Å². The second-order valence-electron chi connectivity index (χ2n) is 8.33. The first-order chi connectivity index (χ1) is 13.7. The number of fused-ring (bicyclic) bond motifs is 5. The number of para-hydroxylation sites is 1. The molecule has 0 radical (unpaired) electrons. The molecule has 2 amide bonds. The molecule has 6 nitrogen and oxygen atoms in total. The van der Waals surface area contributed by atoms with Gasteiger partial charge in [0, 0.05) is 37.1 Å². The second kappa shape index (κ2) is 7.17. The van der Waals surface area contributed by atoms with Crippen LogP contribution in [0.5, 0.6) is 0 Å². The van der Waals surface area contributed by atoms with Gasteiger partial charge in [0.1, 0.15) is 0 Å². The minimum atomic E-state index is -0.115. The van der Waals surface area contributed by atoms with E-state index < -0.39 is 0 Å². The minimum Gasteiger partial charge on any atom is -0.350 e. The molecule has 2 bridgehead atoms. The van der Waals surface area contributed by atoms with E-state index in [0.29, 0.717) is 36.4 Å². The lowest BCUT2D eigenvalue weighted by Crippen LogP contribution is -2.66. The summed E-state index contributed by atoms with van der Waals surface area (Å²) < 4.78 is 0. The molecule has 0 spiro atoms. The van der Waals surface area contributed by atoms with Crippen molar-refractivity contribution in [1.82, 2.24) is 20.5 Å². The van der Waals surface area contributed by atoms with Crippen LogP contribution in [0.1, 0.15) is 36.0 Å². The number of piperidine rings is 3. The van der Waals surface area contributed by atoms with Crippen LogP contribution in [-0.2, 0) is 4.79 Å². The minimum absolute atomic E-state index is 0.0775. The van der Waals surface area contributed by atoms with Gasteiger partial charge in [0.05, 0.1) is 17.1 Å². The maximum absolute atomic E-state index is 12.9. The van der Waals surface area contributed by atoms with E-state index in [-0.39, 0.29) is 17.9 Å². The Labute approximate surface area is 164 Å². The zero-order chi connectivity index (χ0) is 19.1. The lowest BCUT2D eigenvalue weighted by atomic mass is 9.72. The third-order valence-corrected chi connectivity index (χ3v) is 6.75. The summed E-state index contributed by atoms with van der Waals surface area (Å²) >= 11 is 0. The Hall–Kier alpha value is -2.47. The van der Waals surface area contributed by atoms with Gasteiger partial charge in [-0.25, -0.2) is 0 Å². The molecule has 146 valence electrons. The van der Waals surface area contributed by atoms with Crippen LogP contribution in [0.3, 0.4) is 0 Å². The molecule has 1 aromatic heterocycles. The molecule has 6 heteroatoms. The van der Waals surface area contributed by atoms with E-state index in [0.717, 1.165) is 43.3 Å². The van der Waals surface area contributed by atoms with E-state index in [9.17, 15) is 9.59 Å². The summed E-state index contributed by atoms with van der Waals surface area (Å²) in [4.78, 5) is 32.2. The van der Waals surface area contributed by atoms with Crippen LogP contribution in [-0.4, -0.2) is 53.4 Å². The van der Waals surface area contributed by atoms with Crippen molar-refractivity contribution in [1.29, 1.82) is 0 Å². The summed E-state index contributed by atoms with van der Waals surface area (Å²) in [5.74, 6) is 1.11. The van der Waals surface area contributed by atoms with Crippen molar-refractivity contribution in [3.05, 3.63) is 42.1 Å². The molecule has 5 rings (SSSR count). The average molecular weight is 378 g/mol. The summed E-state index contributed by atoms with van der Waals surface area (Å²) in [5.41, 5.74) is 1.31. The Balaban J connectivity index is 1.37. The largest absolute Gasteiger partial charge is 0.350 e. The highest BCUT2D eigenvalue weighted by atomic mass is 16.2. The van der Waals surface area contributed by atoms with Crippen LogP contribution in [0, 0.1) is 11.8 Å². The van der Waals surface area contributed by atoms with Crippen molar-refractivity contribution < 1.29 is 9.59 Å². The number of hydrogen-bond acceptors (Lipinski definition) is 4. The van der Waals surface area contributed by atoms with E-state index in [4.69, 9.17) is 0 Å². The lowest BCUT2D eigenvalue weighted by Gasteiger charge is -2.54. The zero-order valence-corrected chi connectivity index (χ0v) is 15.9. The molecule has 3 aliphatic rings. The van der Waals surface area contributed by atoms with E-state index in [1.807, 2.05) is 30.3 Å². The number of aromatic nitrogens is 1. The number of amides is 2. The van der Waals surface area contributed by atoms with Crippen molar-refractivity contribution >= 4 is 22.7 Å². The first-order valence-electron chi connectivity index (χ1n) is 10.4. The Morgan fingerprint density at radius 2 is 2.07 bits per heavy atom. The number of benzene rings is 1. The van der Waals surface area contributed by atoms with Crippen LogP contribution >= 0.6 is 0 Å². The highest BCUT2D eigenvalue weighted by Gasteiger charge is 2.47. The van der Waals surface area contributed by atoms with Crippen molar-refractivity contribution in [2.75, 3.05) is 19.6 Å². The zero-order valence-electron chi connectivity index (χ0n) is 15.9. The summed E-state index contributed by atoms with van der Waals surface area (Å²) in [6.45, 7) is 2.43.